The maximum absolute atomic E-state index is 12.7. The summed E-state index contributed by atoms with van der Waals surface area (Å²) in [4.78, 5) is 18.7. The highest BCUT2D eigenvalue weighted by Gasteiger charge is 2.11. The number of nitrogens with zero attached hydrogens (tertiary/aromatic N) is 3. The lowest BCUT2D eigenvalue weighted by atomic mass is 10.2. The predicted octanol–water partition coefficient (Wildman–Crippen LogP) is 4.84. The van der Waals surface area contributed by atoms with Crippen molar-refractivity contribution < 1.29 is 4.42 Å². The maximum atomic E-state index is 12.7. The van der Waals surface area contributed by atoms with Crippen molar-refractivity contribution in [2.45, 2.75) is 0 Å². The molecule has 0 aliphatic carbocycles. The monoisotopic (exact) mass is 437 g/mol. The molecule has 0 aliphatic heterocycles. The molecular formula is C21H12ClN3O2S2. The van der Waals surface area contributed by atoms with Crippen molar-refractivity contribution in [2.75, 3.05) is 0 Å². The summed E-state index contributed by atoms with van der Waals surface area (Å²) in [6.07, 6.45) is 5.43. The normalized spacial score (nSPS) is 12.5. The number of rotatable bonds is 4. The van der Waals surface area contributed by atoms with Crippen LogP contribution in [-0.2, 0) is 0 Å². The van der Waals surface area contributed by atoms with Crippen LogP contribution in [0.2, 0.25) is 5.02 Å². The third-order valence-corrected chi connectivity index (χ3v) is 6.30. The second kappa shape index (κ2) is 7.44. The molecule has 0 atom stereocenters. The van der Waals surface area contributed by atoms with Crippen molar-refractivity contribution in [1.82, 2.24) is 14.6 Å². The Labute approximate surface area is 177 Å². The molecule has 0 fully saturated rings. The van der Waals surface area contributed by atoms with Crippen molar-refractivity contribution in [3.63, 3.8) is 0 Å². The molecule has 5 aromatic rings. The molecule has 5 nitrogen and oxygen atoms in total. The number of halogens is 1. The number of fused-ring (bicyclic) bond motifs is 1. The van der Waals surface area contributed by atoms with E-state index < -0.39 is 0 Å². The highest BCUT2D eigenvalue weighted by molar-refractivity contribution is 7.15. The van der Waals surface area contributed by atoms with Gasteiger partial charge in [0.2, 0.25) is 4.96 Å². The highest BCUT2D eigenvalue weighted by atomic mass is 35.5. The molecule has 5 rings (SSSR count). The predicted molar refractivity (Wildman–Crippen MR) is 118 cm³/mol. The van der Waals surface area contributed by atoms with E-state index >= 15 is 0 Å². The van der Waals surface area contributed by atoms with Gasteiger partial charge in [-0.05, 0) is 47.9 Å². The summed E-state index contributed by atoms with van der Waals surface area (Å²) >= 11 is 9.12. The van der Waals surface area contributed by atoms with E-state index in [1.807, 2.05) is 60.0 Å². The second-order valence-corrected chi connectivity index (χ2v) is 8.51. The van der Waals surface area contributed by atoms with Gasteiger partial charge in [-0.2, -0.15) is 9.50 Å². The first kappa shape index (κ1) is 18.1. The molecular weight excluding hydrogens is 426 g/mol. The first-order valence-electron chi connectivity index (χ1n) is 8.65. The molecule has 0 unspecified atom stereocenters. The summed E-state index contributed by atoms with van der Waals surface area (Å²) in [6, 6.07) is 15.1. The lowest BCUT2D eigenvalue weighted by Crippen LogP contribution is -2.23. The second-order valence-electron chi connectivity index (χ2n) is 6.11. The molecule has 0 saturated carbocycles. The van der Waals surface area contributed by atoms with Crippen molar-refractivity contribution in [3.05, 3.63) is 90.3 Å². The van der Waals surface area contributed by atoms with Crippen LogP contribution in [0, 0.1) is 0 Å². The number of thiophene rings is 1. The molecule has 0 amide bonds. The summed E-state index contributed by atoms with van der Waals surface area (Å²) < 4.78 is 7.68. The minimum atomic E-state index is -0.219. The zero-order chi connectivity index (χ0) is 19.8. The molecule has 1 aromatic carbocycles. The fraction of sp³-hybridized carbons (Fsp3) is 0. The Balaban J connectivity index is 1.47. The Morgan fingerprint density at radius 1 is 1.07 bits per heavy atom. The number of thiazole rings is 1. The van der Waals surface area contributed by atoms with Crippen molar-refractivity contribution >= 4 is 57.5 Å². The fourth-order valence-electron chi connectivity index (χ4n) is 2.83. The number of aromatic nitrogens is 3. The van der Waals surface area contributed by atoms with Crippen molar-refractivity contribution in [2.24, 2.45) is 0 Å². The Hall–Kier alpha value is -3.00. The largest absolute Gasteiger partial charge is 0.457 e. The van der Waals surface area contributed by atoms with Gasteiger partial charge >= 0.3 is 0 Å². The Morgan fingerprint density at radius 2 is 1.97 bits per heavy atom. The minimum Gasteiger partial charge on any atom is -0.457 e. The average molecular weight is 438 g/mol. The molecule has 0 spiro atoms. The summed E-state index contributed by atoms with van der Waals surface area (Å²) in [5, 5.41) is 6.91. The molecule has 29 heavy (non-hydrogen) atoms. The van der Waals surface area contributed by atoms with E-state index in [2.05, 4.69) is 10.1 Å². The summed E-state index contributed by atoms with van der Waals surface area (Å²) in [5.41, 5.74) is 0.588. The van der Waals surface area contributed by atoms with E-state index in [1.165, 1.54) is 15.9 Å². The average Bonchev–Trinajstić information content (AvgIpc) is 3.49. The lowest BCUT2D eigenvalue weighted by Gasteiger charge is -1.98. The molecule has 0 aliphatic rings. The van der Waals surface area contributed by atoms with Gasteiger partial charge < -0.3 is 4.42 Å². The van der Waals surface area contributed by atoms with Crippen LogP contribution in [0.4, 0.5) is 0 Å². The van der Waals surface area contributed by atoms with Crippen molar-refractivity contribution in [1.29, 1.82) is 0 Å². The third kappa shape index (κ3) is 3.55. The van der Waals surface area contributed by atoms with Gasteiger partial charge in [0.05, 0.1) is 5.02 Å². The van der Waals surface area contributed by atoms with Crippen LogP contribution in [0.1, 0.15) is 16.5 Å². The first-order valence-corrected chi connectivity index (χ1v) is 10.7. The lowest BCUT2D eigenvalue weighted by molar-refractivity contribution is 0.571. The number of furan rings is 1. The molecule has 4 aromatic heterocycles. The van der Waals surface area contributed by atoms with Gasteiger partial charge in [-0.3, -0.25) is 4.79 Å². The van der Waals surface area contributed by atoms with E-state index in [4.69, 9.17) is 16.0 Å². The topological polar surface area (TPSA) is 60.4 Å². The summed E-state index contributed by atoms with van der Waals surface area (Å²) in [6.45, 7) is 0. The smallest absolute Gasteiger partial charge is 0.291 e. The zero-order valence-electron chi connectivity index (χ0n) is 14.8. The van der Waals surface area contributed by atoms with Gasteiger partial charge in [0.15, 0.2) is 5.82 Å². The standard InChI is InChI=1S/C21H12ClN3O2S2/c22-16-6-2-1-5-15(16)17-9-7-13(27-17)12-18-20(26)25-21(29-18)23-19(24-25)10-8-14-4-3-11-28-14/h1-12H/b10-8+,18-12-. The highest BCUT2D eigenvalue weighted by Crippen LogP contribution is 2.29. The summed E-state index contributed by atoms with van der Waals surface area (Å²) in [5.74, 6) is 1.72. The van der Waals surface area contributed by atoms with Gasteiger partial charge in [0.25, 0.3) is 5.56 Å². The summed E-state index contributed by atoms with van der Waals surface area (Å²) in [7, 11) is 0. The third-order valence-electron chi connectivity index (χ3n) is 4.18. The van der Waals surface area contributed by atoms with Gasteiger partial charge in [-0.15, -0.1) is 16.4 Å². The van der Waals surface area contributed by atoms with Crippen LogP contribution in [0.5, 0.6) is 0 Å². The van der Waals surface area contributed by atoms with Crippen LogP contribution in [-0.4, -0.2) is 14.6 Å². The quantitative estimate of drug-likeness (QED) is 0.403. The first-order chi connectivity index (χ1) is 14.2. The molecule has 0 saturated heterocycles. The van der Waals surface area contributed by atoms with E-state index in [1.54, 1.807) is 23.5 Å². The molecule has 0 bridgehead atoms. The van der Waals surface area contributed by atoms with Crippen LogP contribution in [0.25, 0.3) is 34.5 Å². The van der Waals surface area contributed by atoms with Gasteiger partial charge in [0.1, 0.15) is 16.1 Å². The minimum absolute atomic E-state index is 0.219. The number of hydrogen-bond acceptors (Lipinski definition) is 6. The van der Waals surface area contributed by atoms with Crippen LogP contribution >= 0.6 is 34.3 Å². The van der Waals surface area contributed by atoms with Gasteiger partial charge in [-0.1, -0.05) is 41.1 Å². The van der Waals surface area contributed by atoms with Crippen LogP contribution in [0.15, 0.2) is 63.1 Å². The molecule has 8 heteroatoms. The van der Waals surface area contributed by atoms with Crippen LogP contribution < -0.4 is 10.1 Å². The molecule has 0 radical (unpaired) electrons. The SMILES string of the molecule is O=c1/c(=C/c2ccc(-c3ccccc3Cl)o2)sc2nc(/C=C/c3cccs3)nn12. The van der Waals surface area contributed by atoms with Gasteiger partial charge in [-0.25, -0.2) is 0 Å². The molecule has 142 valence electrons. The van der Waals surface area contributed by atoms with Gasteiger partial charge in [0, 0.05) is 16.5 Å². The van der Waals surface area contributed by atoms with E-state index in [-0.39, 0.29) is 5.56 Å². The molecule has 4 heterocycles. The Morgan fingerprint density at radius 3 is 2.76 bits per heavy atom. The van der Waals surface area contributed by atoms with E-state index in [0.29, 0.717) is 31.9 Å². The Kier molecular flexibility index (Phi) is 4.63. The Bertz CT molecular complexity index is 1440. The molecule has 0 N–H and O–H groups in total. The fourth-order valence-corrected chi connectivity index (χ4v) is 4.57. The van der Waals surface area contributed by atoms with Crippen molar-refractivity contribution in [3.8, 4) is 11.3 Å². The number of benzene rings is 1. The van der Waals surface area contributed by atoms with Crippen LogP contribution in [0.3, 0.4) is 0 Å². The van der Waals surface area contributed by atoms with E-state index in [0.717, 1.165) is 10.4 Å². The van der Waals surface area contributed by atoms with E-state index in [9.17, 15) is 4.79 Å². The zero-order valence-corrected chi connectivity index (χ0v) is 17.2. The maximum Gasteiger partial charge on any atom is 0.291 e. The number of hydrogen-bond donors (Lipinski definition) is 0.